The zero-order valence-electron chi connectivity index (χ0n) is 18.5. The molecule has 180 valence electrons. The Morgan fingerprint density at radius 2 is 1.79 bits per heavy atom. The molecule has 2 aliphatic heterocycles. The first-order valence-corrected chi connectivity index (χ1v) is 11.0. The molecule has 2 saturated heterocycles. The molecule has 0 aromatic heterocycles. The minimum atomic E-state index is -1.26. The first-order valence-electron chi connectivity index (χ1n) is 10.6. The molecule has 2 aromatic carbocycles. The maximum absolute atomic E-state index is 13.3. The van der Waals surface area contributed by atoms with Gasteiger partial charge in [0, 0.05) is 1.43 Å². The van der Waals surface area contributed by atoms with Gasteiger partial charge in [0.25, 0.3) is 11.8 Å². The number of hydrogen-bond acceptors (Lipinski definition) is 8. The van der Waals surface area contributed by atoms with Gasteiger partial charge in [-0.2, -0.15) is 0 Å². The fourth-order valence-electron chi connectivity index (χ4n) is 3.71. The van der Waals surface area contributed by atoms with E-state index in [9.17, 15) is 19.8 Å². The number of amides is 2. The number of para-hydroxylation sites is 1. The Labute approximate surface area is 203 Å². The highest BCUT2D eigenvalue weighted by atomic mass is 32.1. The highest BCUT2D eigenvalue weighted by Gasteiger charge is 2.45. The fraction of sp³-hybridized carbons (Fsp3) is 0.292. The number of carbonyl (C=O) groups excluding carboxylic acids is 2. The number of aliphatic hydroxyl groups excluding tert-OH is 2. The van der Waals surface area contributed by atoms with E-state index in [4.69, 9.17) is 26.4 Å². The van der Waals surface area contributed by atoms with Gasteiger partial charge < -0.3 is 24.4 Å². The molecule has 2 amide bonds. The van der Waals surface area contributed by atoms with Gasteiger partial charge in [-0.3, -0.25) is 19.8 Å². The summed E-state index contributed by atoms with van der Waals surface area (Å²) in [7, 11) is 0. The summed E-state index contributed by atoms with van der Waals surface area (Å²) in [6.45, 7) is 2.69. The molecule has 0 radical (unpaired) electrons. The topological polar surface area (TPSA) is 118 Å². The Bertz CT molecular complexity index is 1120. The summed E-state index contributed by atoms with van der Waals surface area (Å²) in [4.78, 5) is 27.1. The predicted octanol–water partition coefficient (Wildman–Crippen LogP) is 2.27. The standard InChI is InChI=1S/C24H24N2O7S.H2/c1-24(2)32-19(20(33-24)18(28)13-27)12-17-21(29)25-23(34)26(22(17)30)14-8-10-16(11-9-14)31-15-6-4-3-5-7-15;/h3-12,18-20,27-28H,13H2,1-2H3,(H,25,29,34);1H/b17-12-;/t18-,19-,20?;/m0./s1. The van der Waals surface area contributed by atoms with Gasteiger partial charge in [0.15, 0.2) is 10.9 Å². The second-order valence-corrected chi connectivity index (χ2v) is 8.59. The molecule has 1 unspecified atom stereocenters. The van der Waals surface area contributed by atoms with Gasteiger partial charge in [-0.05, 0) is 68.5 Å². The zero-order chi connectivity index (χ0) is 24.5. The van der Waals surface area contributed by atoms with Gasteiger partial charge in [0.2, 0.25) is 0 Å². The molecule has 0 spiro atoms. The molecule has 3 N–H and O–H groups in total. The van der Waals surface area contributed by atoms with E-state index >= 15 is 0 Å². The van der Waals surface area contributed by atoms with Crippen LogP contribution in [-0.4, -0.2) is 57.8 Å². The Hall–Kier alpha value is -3.15. The van der Waals surface area contributed by atoms with Gasteiger partial charge in [0.1, 0.15) is 35.4 Å². The summed E-state index contributed by atoms with van der Waals surface area (Å²) in [5, 5.41) is 21.9. The van der Waals surface area contributed by atoms with Crippen LogP contribution in [0.5, 0.6) is 11.5 Å². The largest absolute Gasteiger partial charge is 0.457 e. The molecule has 0 aliphatic carbocycles. The molecule has 4 rings (SSSR count). The Kier molecular flexibility index (Phi) is 6.78. The van der Waals surface area contributed by atoms with Gasteiger partial charge >= 0.3 is 0 Å². The number of hydrogen-bond donors (Lipinski definition) is 3. The average Bonchev–Trinajstić information content (AvgIpc) is 3.12. The third-order valence-electron chi connectivity index (χ3n) is 5.24. The van der Waals surface area contributed by atoms with Crippen molar-refractivity contribution in [1.29, 1.82) is 0 Å². The zero-order valence-corrected chi connectivity index (χ0v) is 19.3. The predicted molar refractivity (Wildman–Crippen MR) is 128 cm³/mol. The molecule has 9 nitrogen and oxygen atoms in total. The number of ether oxygens (including phenoxy) is 3. The highest BCUT2D eigenvalue weighted by Crippen LogP contribution is 2.32. The van der Waals surface area contributed by atoms with Crippen molar-refractivity contribution in [2.75, 3.05) is 11.5 Å². The molecule has 2 aliphatic rings. The number of carbonyl (C=O) groups is 2. The third-order valence-corrected chi connectivity index (χ3v) is 5.52. The average molecular weight is 487 g/mol. The number of benzene rings is 2. The van der Waals surface area contributed by atoms with Crippen molar-refractivity contribution in [1.82, 2.24) is 5.32 Å². The minimum Gasteiger partial charge on any atom is -0.457 e. The van der Waals surface area contributed by atoms with Crippen LogP contribution in [0.4, 0.5) is 5.69 Å². The lowest BCUT2D eigenvalue weighted by atomic mass is 10.0. The SMILES string of the molecule is CC1(C)OC([C@@H](O)CO)[C@H](/C=C2/C(=O)NC(=S)N(c3ccc(Oc4ccccc4)cc3)C2=O)O1.[HH]. The van der Waals surface area contributed by atoms with E-state index in [0.717, 1.165) is 0 Å². The van der Waals surface area contributed by atoms with Crippen LogP contribution in [0.1, 0.15) is 15.3 Å². The van der Waals surface area contributed by atoms with E-state index < -0.39 is 42.5 Å². The van der Waals surface area contributed by atoms with Crippen molar-refractivity contribution in [3.8, 4) is 11.5 Å². The van der Waals surface area contributed by atoms with Crippen LogP contribution in [0, 0.1) is 0 Å². The lowest BCUT2D eigenvalue weighted by Gasteiger charge is -2.29. The Morgan fingerprint density at radius 1 is 1.15 bits per heavy atom. The number of aliphatic hydroxyl groups is 2. The van der Waals surface area contributed by atoms with Crippen LogP contribution in [0.15, 0.2) is 66.2 Å². The van der Waals surface area contributed by atoms with Crippen molar-refractivity contribution >= 4 is 34.8 Å². The number of thiocarbonyl (C=S) groups is 1. The lowest BCUT2D eigenvalue weighted by Crippen LogP contribution is -2.54. The maximum atomic E-state index is 13.3. The molecule has 0 saturated carbocycles. The molecule has 0 bridgehead atoms. The summed E-state index contributed by atoms with van der Waals surface area (Å²) in [5.41, 5.74) is 0.205. The van der Waals surface area contributed by atoms with Gasteiger partial charge in [-0.15, -0.1) is 0 Å². The van der Waals surface area contributed by atoms with Crippen molar-refractivity contribution in [3.05, 3.63) is 66.2 Å². The third kappa shape index (κ3) is 5.01. The van der Waals surface area contributed by atoms with E-state index in [1.807, 2.05) is 30.3 Å². The summed E-state index contributed by atoms with van der Waals surface area (Å²) >= 11 is 5.24. The van der Waals surface area contributed by atoms with Crippen LogP contribution in [-0.2, 0) is 19.1 Å². The molecule has 2 heterocycles. The first kappa shape index (κ1) is 24.0. The Morgan fingerprint density at radius 3 is 2.44 bits per heavy atom. The van der Waals surface area contributed by atoms with Crippen molar-refractivity contribution < 1.29 is 35.4 Å². The van der Waals surface area contributed by atoms with Crippen LogP contribution in [0.2, 0.25) is 0 Å². The minimum absolute atomic E-state index is 0. The van der Waals surface area contributed by atoms with E-state index in [2.05, 4.69) is 5.32 Å². The molecule has 2 fully saturated rings. The van der Waals surface area contributed by atoms with Gasteiger partial charge in [-0.1, -0.05) is 18.2 Å². The lowest BCUT2D eigenvalue weighted by molar-refractivity contribution is -0.155. The normalized spacial score (nSPS) is 24.3. The van der Waals surface area contributed by atoms with Crippen molar-refractivity contribution in [3.63, 3.8) is 0 Å². The van der Waals surface area contributed by atoms with Crippen molar-refractivity contribution in [2.24, 2.45) is 0 Å². The van der Waals surface area contributed by atoms with E-state index in [1.54, 1.807) is 38.1 Å². The second-order valence-electron chi connectivity index (χ2n) is 8.20. The molecular formula is C24H26N2O7S. The summed E-state index contributed by atoms with van der Waals surface area (Å²) < 4.78 is 17.2. The molecule has 10 heteroatoms. The second kappa shape index (κ2) is 9.61. The molecule has 34 heavy (non-hydrogen) atoms. The smallest absolute Gasteiger partial charge is 0.269 e. The highest BCUT2D eigenvalue weighted by molar-refractivity contribution is 7.80. The quantitative estimate of drug-likeness (QED) is 0.323. The van der Waals surface area contributed by atoms with Crippen molar-refractivity contribution in [2.45, 2.75) is 37.9 Å². The number of nitrogens with one attached hydrogen (secondary N) is 1. The molecular weight excluding hydrogens is 460 g/mol. The molecule has 2 aromatic rings. The van der Waals surface area contributed by atoms with E-state index in [0.29, 0.717) is 17.2 Å². The number of anilines is 1. The first-order chi connectivity index (χ1) is 16.2. The van der Waals surface area contributed by atoms with Gasteiger partial charge in [-0.25, -0.2) is 0 Å². The summed E-state index contributed by atoms with van der Waals surface area (Å²) in [5.74, 6) is -1.21. The molecule has 3 atom stereocenters. The number of rotatable bonds is 6. The van der Waals surface area contributed by atoms with Crippen LogP contribution in [0.25, 0.3) is 0 Å². The van der Waals surface area contributed by atoms with E-state index in [1.165, 1.54) is 11.0 Å². The maximum Gasteiger partial charge on any atom is 0.269 e. The summed E-state index contributed by atoms with van der Waals surface area (Å²) in [6.07, 6.45) is -1.89. The van der Waals surface area contributed by atoms with Crippen LogP contribution in [0.3, 0.4) is 0 Å². The Balaban J connectivity index is 0.00000342. The fourth-order valence-corrected chi connectivity index (χ4v) is 3.99. The number of nitrogens with zero attached hydrogens (tertiary/aromatic N) is 1. The summed E-state index contributed by atoms with van der Waals surface area (Å²) in [6, 6.07) is 15.9. The van der Waals surface area contributed by atoms with Gasteiger partial charge in [0.05, 0.1) is 12.3 Å². The monoisotopic (exact) mass is 486 g/mol. The van der Waals surface area contributed by atoms with E-state index in [-0.39, 0.29) is 12.1 Å². The van der Waals surface area contributed by atoms with Crippen LogP contribution < -0.4 is 15.0 Å². The van der Waals surface area contributed by atoms with Crippen LogP contribution >= 0.6 is 12.2 Å².